The van der Waals surface area contributed by atoms with E-state index in [0.29, 0.717) is 29.8 Å². The van der Waals surface area contributed by atoms with Crippen LogP contribution in [0.3, 0.4) is 0 Å². The van der Waals surface area contributed by atoms with E-state index in [1.54, 1.807) is 12.1 Å². The first-order valence-corrected chi connectivity index (χ1v) is 9.87. The van der Waals surface area contributed by atoms with Gasteiger partial charge in [-0.25, -0.2) is 8.42 Å². The summed E-state index contributed by atoms with van der Waals surface area (Å²) < 4.78 is 26.7. The van der Waals surface area contributed by atoms with Crippen LogP contribution in [0.1, 0.15) is 17.7 Å². The highest BCUT2D eigenvalue weighted by Crippen LogP contribution is 2.27. The molecule has 3 heterocycles. The van der Waals surface area contributed by atoms with Gasteiger partial charge in [0.15, 0.2) is 0 Å². The quantitative estimate of drug-likeness (QED) is 0.784. The summed E-state index contributed by atoms with van der Waals surface area (Å²) in [5.41, 5.74) is 0. The zero-order valence-corrected chi connectivity index (χ0v) is 14.0. The van der Waals surface area contributed by atoms with Crippen LogP contribution in [0.5, 0.6) is 0 Å². The highest BCUT2D eigenvalue weighted by Gasteiger charge is 2.28. The largest absolute Gasteiger partial charge is 0.355 e. The number of carbonyl (C=O) groups excluding carboxylic acids is 1. The van der Waals surface area contributed by atoms with Crippen LogP contribution in [-0.2, 0) is 21.2 Å². The van der Waals surface area contributed by atoms with E-state index in [2.05, 4.69) is 10.6 Å². The van der Waals surface area contributed by atoms with Gasteiger partial charge in [0.2, 0.25) is 5.91 Å². The zero-order valence-electron chi connectivity index (χ0n) is 12.4. The van der Waals surface area contributed by atoms with Crippen molar-refractivity contribution in [2.24, 2.45) is 5.92 Å². The van der Waals surface area contributed by atoms with Gasteiger partial charge in [-0.15, -0.1) is 11.3 Å². The third-order valence-corrected chi connectivity index (χ3v) is 7.54. The summed E-state index contributed by atoms with van der Waals surface area (Å²) in [5.74, 6) is 0.484. The second-order valence-corrected chi connectivity index (χ2v) is 9.17. The Balaban J connectivity index is 1.57. The van der Waals surface area contributed by atoms with E-state index in [1.807, 2.05) is 0 Å². The Morgan fingerprint density at radius 2 is 2.05 bits per heavy atom. The third-order valence-electron chi connectivity index (χ3n) is 4.08. The fourth-order valence-electron chi connectivity index (χ4n) is 2.62. The summed E-state index contributed by atoms with van der Waals surface area (Å²) in [6, 6.07) is 3.37. The standard InChI is InChI=1S/C14H21N3O3S2/c18-13(16-10-11-8-15-9-11)7-12-3-4-14(21-12)22(19,20)17-5-1-2-6-17/h3-4,11,15H,1-2,5-10H2,(H,16,18). The number of rotatable bonds is 6. The predicted molar refractivity (Wildman–Crippen MR) is 85.4 cm³/mol. The number of nitrogens with one attached hydrogen (secondary N) is 2. The number of hydrogen-bond acceptors (Lipinski definition) is 5. The Morgan fingerprint density at radius 1 is 1.32 bits per heavy atom. The summed E-state index contributed by atoms with van der Waals surface area (Å²) >= 11 is 1.21. The molecule has 8 heteroatoms. The second kappa shape index (κ2) is 6.66. The molecule has 0 aliphatic carbocycles. The molecule has 0 unspecified atom stereocenters. The van der Waals surface area contributed by atoms with Crippen LogP contribution in [0.15, 0.2) is 16.3 Å². The number of sulfonamides is 1. The average Bonchev–Trinajstić information content (AvgIpc) is 3.08. The van der Waals surface area contributed by atoms with Gasteiger partial charge in [-0.05, 0) is 25.0 Å². The predicted octanol–water partition coefficient (Wildman–Crippen LogP) is 0.411. The van der Waals surface area contributed by atoms with Crippen LogP contribution in [0.2, 0.25) is 0 Å². The molecule has 1 amide bonds. The van der Waals surface area contributed by atoms with Gasteiger partial charge in [-0.1, -0.05) is 0 Å². The van der Waals surface area contributed by atoms with Crippen LogP contribution < -0.4 is 10.6 Å². The first-order valence-electron chi connectivity index (χ1n) is 7.62. The lowest BCUT2D eigenvalue weighted by Gasteiger charge is -2.27. The maximum absolute atomic E-state index is 12.4. The topological polar surface area (TPSA) is 78.5 Å². The minimum atomic E-state index is -3.36. The van der Waals surface area contributed by atoms with Crippen molar-refractivity contribution in [2.75, 3.05) is 32.7 Å². The Morgan fingerprint density at radius 3 is 2.68 bits per heavy atom. The minimum Gasteiger partial charge on any atom is -0.355 e. The Hall–Kier alpha value is -0.960. The fraction of sp³-hybridized carbons (Fsp3) is 0.643. The molecule has 2 fully saturated rings. The molecule has 3 rings (SSSR count). The summed E-state index contributed by atoms with van der Waals surface area (Å²) in [6.45, 7) is 3.81. The van der Waals surface area contributed by atoms with Gasteiger partial charge < -0.3 is 10.6 Å². The zero-order chi connectivity index (χ0) is 15.6. The van der Waals surface area contributed by atoms with Crippen molar-refractivity contribution in [3.05, 3.63) is 17.0 Å². The van der Waals surface area contributed by atoms with E-state index < -0.39 is 10.0 Å². The maximum Gasteiger partial charge on any atom is 0.252 e. The SMILES string of the molecule is O=C(Cc1ccc(S(=O)(=O)N2CCCC2)s1)NCC1CNC1. The molecule has 2 aliphatic heterocycles. The molecule has 2 aliphatic rings. The van der Waals surface area contributed by atoms with Crippen molar-refractivity contribution < 1.29 is 13.2 Å². The smallest absolute Gasteiger partial charge is 0.252 e. The Bertz CT molecular complexity index is 632. The average molecular weight is 343 g/mol. The molecule has 0 aromatic carbocycles. The lowest BCUT2D eigenvalue weighted by molar-refractivity contribution is -0.120. The van der Waals surface area contributed by atoms with Crippen LogP contribution in [0.25, 0.3) is 0 Å². The van der Waals surface area contributed by atoms with Crippen molar-refractivity contribution in [1.29, 1.82) is 0 Å². The van der Waals surface area contributed by atoms with Crippen molar-refractivity contribution in [3.63, 3.8) is 0 Å². The number of amides is 1. The first-order chi connectivity index (χ1) is 10.6. The number of thiophene rings is 1. The molecule has 6 nitrogen and oxygen atoms in total. The van der Waals surface area contributed by atoms with Gasteiger partial charge in [0.1, 0.15) is 4.21 Å². The van der Waals surface area contributed by atoms with Crippen molar-refractivity contribution in [3.8, 4) is 0 Å². The molecule has 122 valence electrons. The summed E-state index contributed by atoms with van der Waals surface area (Å²) in [7, 11) is -3.36. The number of nitrogens with zero attached hydrogens (tertiary/aromatic N) is 1. The normalized spacial score (nSPS) is 20.0. The van der Waals surface area contributed by atoms with E-state index in [1.165, 1.54) is 15.6 Å². The monoisotopic (exact) mass is 343 g/mol. The van der Waals surface area contributed by atoms with Gasteiger partial charge >= 0.3 is 0 Å². The van der Waals surface area contributed by atoms with Crippen LogP contribution >= 0.6 is 11.3 Å². The minimum absolute atomic E-state index is 0.0427. The third kappa shape index (κ3) is 3.51. The highest BCUT2D eigenvalue weighted by atomic mass is 32.2. The molecule has 22 heavy (non-hydrogen) atoms. The highest BCUT2D eigenvalue weighted by molar-refractivity contribution is 7.91. The molecule has 2 N–H and O–H groups in total. The van der Waals surface area contributed by atoms with E-state index in [4.69, 9.17) is 0 Å². The molecule has 2 saturated heterocycles. The van der Waals surface area contributed by atoms with E-state index in [9.17, 15) is 13.2 Å². The molecular weight excluding hydrogens is 322 g/mol. The molecule has 0 radical (unpaired) electrons. The number of carbonyl (C=O) groups is 1. The lowest BCUT2D eigenvalue weighted by Crippen LogP contribution is -2.48. The van der Waals surface area contributed by atoms with E-state index in [-0.39, 0.29) is 12.3 Å². The summed E-state index contributed by atoms with van der Waals surface area (Å²) in [4.78, 5) is 12.7. The summed E-state index contributed by atoms with van der Waals surface area (Å²) in [5, 5.41) is 6.06. The maximum atomic E-state index is 12.4. The van der Waals surface area contributed by atoms with Gasteiger partial charge in [-0.3, -0.25) is 4.79 Å². The van der Waals surface area contributed by atoms with Gasteiger partial charge in [0.25, 0.3) is 10.0 Å². The molecular formula is C14H21N3O3S2. The first kappa shape index (κ1) is 15.9. The van der Waals surface area contributed by atoms with E-state index >= 15 is 0 Å². The second-order valence-electron chi connectivity index (χ2n) is 5.84. The molecule has 1 aromatic heterocycles. The molecule has 0 saturated carbocycles. The molecule has 0 bridgehead atoms. The van der Waals surface area contributed by atoms with E-state index in [0.717, 1.165) is 30.8 Å². The van der Waals surface area contributed by atoms with Crippen molar-refractivity contribution >= 4 is 27.3 Å². The number of hydrogen-bond donors (Lipinski definition) is 2. The molecule has 0 spiro atoms. The van der Waals surface area contributed by atoms with Crippen LogP contribution in [0.4, 0.5) is 0 Å². The van der Waals surface area contributed by atoms with Crippen LogP contribution in [-0.4, -0.2) is 51.4 Å². The van der Waals surface area contributed by atoms with Crippen LogP contribution in [0, 0.1) is 5.92 Å². The van der Waals surface area contributed by atoms with Gasteiger partial charge in [0.05, 0.1) is 6.42 Å². The fourth-order valence-corrected chi connectivity index (χ4v) is 5.65. The molecule has 1 aromatic rings. The Labute approximate surface area is 134 Å². The van der Waals surface area contributed by atoms with Gasteiger partial charge in [0, 0.05) is 43.5 Å². The van der Waals surface area contributed by atoms with Crippen molar-refractivity contribution in [2.45, 2.75) is 23.5 Å². The van der Waals surface area contributed by atoms with Crippen molar-refractivity contribution in [1.82, 2.24) is 14.9 Å². The lowest BCUT2D eigenvalue weighted by atomic mass is 10.0. The Kier molecular flexibility index (Phi) is 4.82. The van der Waals surface area contributed by atoms with Gasteiger partial charge in [-0.2, -0.15) is 4.31 Å². The molecule has 0 atom stereocenters. The summed E-state index contributed by atoms with van der Waals surface area (Å²) in [6.07, 6.45) is 2.10.